The molecule has 0 amide bonds. The van der Waals surface area contributed by atoms with Gasteiger partial charge < -0.3 is 0 Å². The minimum Gasteiger partial charge on any atom is -0.0837 e. The fraction of sp³-hybridized carbons (Fsp3) is 0.500. The molecule has 0 aliphatic rings. The predicted molar refractivity (Wildman–Crippen MR) is 71.4 cm³/mol. The summed E-state index contributed by atoms with van der Waals surface area (Å²) >= 11 is 5.57. The Labute approximate surface area is 98.7 Å². The Morgan fingerprint density at radius 1 is 1.20 bits per heavy atom. The first-order valence-corrected chi connectivity index (χ1v) is 6.08. The van der Waals surface area contributed by atoms with E-state index in [0.29, 0.717) is 0 Å². The smallest absolute Gasteiger partial charge is 0.0280 e. The van der Waals surface area contributed by atoms with Gasteiger partial charge in [-0.3, -0.25) is 0 Å². The lowest BCUT2D eigenvalue weighted by atomic mass is 9.81. The summed E-state index contributed by atoms with van der Waals surface area (Å²) in [5.41, 5.74) is 1.35. The Hall–Kier alpha value is -0.690. The molecule has 1 aromatic carbocycles. The molecular weight excluding hydrogens is 200 g/mol. The van der Waals surface area contributed by atoms with Gasteiger partial charge in [0.15, 0.2) is 0 Å². The minimum atomic E-state index is 0.146. The largest absolute Gasteiger partial charge is 0.0837 e. The summed E-state index contributed by atoms with van der Waals surface area (Å²) in [5.74, 6) is 0. The fourth-order valence-corrected chi connectivity index (χ4v) is 1.95. The highest BCUT2D eigenvalue weighted by Crippen LogP contribution is 2.28. The van der Waals surface area contributed by atoms with Gasteiger partial charge in [0.1, 0.15) is 0 Å². The zero-order chi connectivity index (χ0) is 11.3. The quantitative estimate of drug-likeness (QED) is 0.515. The molecule has 0 aliphatic heterocycles. The molecule has 0 radical (unpaired) electrons. The number of hydrogen-bond donors (Lipinski definition) is 0. The summed E-state index contributed by atoms with van der Waals surface area (Å²) < 4.78 is 0. The molecule has 0 N–H and O–H groups in total. The van der Waals surface area contributed by atoms with Gasteiger partial charge >= 0.3 is 0 Å². The van der Waals surface area contributed by atoms with Crippen molar-refractivity contribution in [2.75, 3.05) is 0 Å². The van der Waals surface area contributed by atoms with Crippen LogP contribution in [-0.4, -0.2) is 4.86 Å². The second-order valence-electron chi connectivity index (χ2n) is 4.68. The summed E-state index contributed by atoms with van der Waals surface area (Å²) in [6.07, 6.45) is 3.66. The first-order chi connectivity index (χ1) is 7.08. The van der Waals surface area contributed by atoms with E-state index in [0.717, 1.165) is 4.86 Å². The molecule has 1 rings (SSSR count). The second kappa shape index (κ2) is 5.41. The Bertz CT molecular complexity index is 311. The molecule has 0 unspecified atom stereocenters. The van der Waals surface area contributed by atoms with Crippen molar-refractivity contribution in [2.24, 2.45) is 5.41 Å². The van der Waals surface area contributed by atoms with Gasteiger partial charge in [0, 0.05) is 10.3 Å². The zero-order valence-corrected chi connectivity index (χ0v) is 10.7. The lowest BCUT2D eigenvalue weighted by Crippen LogP contribution is -2.23. The Morgan fingerprint density at radius 3 is 2.33 bits per heavy atom. The van der Waals surface area contributed by atoms with Crippen LogP contribution in [0.25, 0.3) is 0 Å². The van der Waals surface area contributed by atoms with Gasteiger partial charge in [0.2, 0.25) is 0 Å². The molecule has 0 fully saturated rings. The van der Waals surface area contributed by atoms with E-state index in [1.54, 1.807) is 0 Å². The van der Waals surface area contributed by atoms with Gasteiger partial charge in [-0.15, -0.1) is 0 Å². The van der Waals surface area contributed by atoms with Crippen molar-refractivity contribution in [1.82, 2.24) is 0 Å². The number of rotatable bonds is 5. The van der Waals surface area contributed by atoms with Crippen molar-refractivity contribution in [3.05, 3.63) is 35.9 Å². The molecule has 15 heavy (non-hydrogen) atoms. The van der Waals surface area contributed by atoms with E-state index in [9.17, 15) is 0 Å². The standard InChI is InChI=1S/C14H20S/c1-4-5-11-14(2,3)13(15)12-9-7-6-8-10-12/h6-10H,4-5,11H2,1-3H3. The second-order valence-corrected chi connectivity index (χ2v) is 5.09. The van der Waals surface area contributed by atoms with Crippen LogP contribution < -0.4 is 0 Å². The Balaban J connectivity index is 2.75. The molecule has 0 aliphatic carbocycles. The molecule has 1 aromatic rings. The topological polar surface area (TPSA) is 0 Å². The monoisotopic (exact) mass is 220 g/mol. The fourth-order valence-electron chi connectivity index (χ4n) is 1.71. The summed E-state index contributed by atoms with van der Waals surface area (Å²) in [5, 5.41) is 0. The van der Waals surface area contributed by atoms with Crippen LogP contribution in [0, 0.1) is 5.41 Å². The number of benzene rings is 1. The molecule has 0 nitrogen and oxygen atoms in total. The van der Waals surface area contributed by atoms with Crippen LogP contribution in [0.1, 0.15) is 45.6 Å². The molecule has 0 bridgehead atoms. The normalized spacial score (nSPS) is 11.4. The SMILES string of the molecule is CCCCC(C)(C)C(=S)c1ccccc1. The van der Waals surface area contributed by atoms with E-state index in [-0.39, 0.29) is 5.41 Å². The average Bonchev–Trinajstić information content (AvgIpc) is 2.26. The molecule has 82 valence electrons. The van der Waals surface area contributed by atoms with Crippen LogP contribution in [0.5, 0.6) is 0 Å². The molecular formula is C14H20S. The third-order valence-corrected chi connectivity index (χ3v) is 3.59. The van der Waals surface area contributed by atoms with E-state index >= 15 is 0 Å². The minimum absolute atomic E-state index is 0.146. The predicted octanol–water partition coefficient (Wildman–Crippen LogP) is 4.62. The average molecular weight is 220 g/mol. The van der Waals surface area contributed by atoms with Gasteiger partial charge in [0.25, 0.3) is 0 Å². The maximum absolute atomic E-state index is 5.57. The third-order valence-electron chi connectivity index (χ3n) is 2.81. The maximum atomic E-state index is 5.57. The van der Waals surface area contributed by atoms with Crippen molar-refractivity contribution in [3.63, 3.8) is 0 Å². The number of unbranched alkanes of at least 4 members (excludes halogenated alkanes) is 1. The molecule has 0 saturated carbocycles. The summed E-state index contributed by atoms with van der Waals surface area (Å²) in [4.78, 5) is 1.09. The van der Waals surface area contributed by atoms with Crippen LogP contribution in [-0.2, 0) is 0 Å². The van der Waals surface area contributed by atoms with Gasteiger partial charge in [-0.2, -0.15) is 0 Å². The Morgan fingerprint density at radius 2 is 1.80 bits per heavy atom. The van der Waals surface area contributed by atoms with Gasteiger partial charge in [-0.25, -0.2) is 0 Å². The molecule has 0 heterocycles. The maximum Gasteiger partial charge on any atom is 0.0280 e. The third kappa shape index (κ3) is 3.42. The number of thiocarbonyl (C=S) groups is 1. The molecule has 0 saturated heterocycles. The molecule has 1 heteroatoms. The summed E-state index contributed by atoms with van der Waals surface area (Å²) in [6, 6.07) is 10.4. The van der Waals surface area contributed by atoms with Crippen molar-refractivity contribution < 1.29 is 0 Å². The zero-order valence-electron chi connectivity index (χ0n) is 9.92. The van der Waals surface area contributed by atoms with Gasteiger partial charge in [-0.1, -0.05) is 76.2 Å². The van der Waals surface area contributed by atoms with Crippen LogP contribution in [0.15, 0.2) is 30.3 Å². The first-order valence-electron chi connectivity index (χ1n) is 5.68. The Kier molecular flexibility index (Phi) is 4.46. The van der Waals surface area contributed by atoms with Crippen molar-refractivity contribution in [2.45, 2.75) is 40.0 Å². The molecule has 0 atom stereocenters. The highest BCUT2D eigenvalue weighted by Gasteiger charge is 2.23. The van der Waals surface area contributed by atoms with Gasteiger partial charge in [-0.05, 0) is 12.0 Å². The van der Waals surface area contributed by atoms with E-state index in [1.807, 2.05) is 6.07 Å². The van der Waals surface area contributed by atoms with Gasteiger partial charge in [0.05, 0.1) is 0 Å². The lowest BCUT2D eigenvalue weighted by molar-refractivity contribution is 0.460. The summed E-state index contributed by atoms with van der Waals surface area (Å²) in [6.45, 7) is 6.72. The highest BCUT2D eigenvalue weighted by molar-refractivity contribution is 7.81. The van der Waals surface area contributed by atoms with Crippen molar-refractivity contribution in [3.8, 4) is 0 Å². The summed E-state index contributed by atoms with van der Waals surface area (Å²) in [7, 11) is 0. The first kappa shape index (κ1) is 12.4. The van der Waals surface area contributed by atoms with Crippen LogP contribution >= 0.6 is 12.2 Å². The van der Waals surface area contributed by atoms with E-state index in [2.05, 4.69) is 45.0 Å². The van der Waals surface area contributed by atoms with Crippen molar-refractivity contribution in [1.29, 1.82) is 0 Å². The van der Waals surface area contributed by atoms with E-state index in [4.69, 9.17) is 12.2 Å². The van der Waals surface area contributed by atoms with Crippen LogP contribution in [0.3, 0.4) is 0 Å². The van der Waals surface area contributed by atoms with E-state index in [1.165, 1.54) is 24.8 Å². The lowest BCUT2D eigenvalue weighted by Gasteiger charge is -2.25. The van der Waals surface area contributed by atoms with Crippen molar-refractivity contribution >= 4 is 17.1 Å². The molecule has 0 spiro atoms. The van der Waals surface area contributed by atoms with E-state index < -0.39 is 0 Å². The number of hydrogen-bond acceptors (Lipinski definition) is 1. The highest BCUT2D eigenvalue weighted by atomic mass is 32.1. The van der Waals surface area contributed by atoms with Crippen LogP contribution in [0.2, 0.25) is 0 Å². The van der Waals surface area contributed by atoms with Crippen LogP contribution in [0.4, 0.5) is 0 Å². The molecule has 0 aromatic heterocycles.